The number of aromatic hydroxyl groups is 2. The van der Waals surface area contributed by atoms with Crippen molar-refractivity contribution in [3.05, 3.63) is 58.8 Å². The second-order valence-electron chi connectivity index (χ2n) is 6.77. The second kappa shape index (κ2) is 6.67. The number of rotatable bonds is 3. The van der Waals surface area contributed by atoms with Crippen LogP contribution < -0.4 is 4.90 Å². The highest BCUT2D eigenvalue weighted by Gasteiger charge is 2.30. The number of nitrogens with zero attached hydrogens (tertiary/aromatic N) is 2. The predicted octanol–water partition coefficient (Wildman–Crippen LogP) is 4.34. The number of amides is 1. The number of hydrogen-bond acceptors (Lipinski definition) is 4. The number of phenolic OH excluding ortho intramolecular Hbond substituents is 2. The van der Waals surface area contributed by atoms with Crippen molar-refractivity contribution in [3.63, 3.8) is 0 Å². The maximum absolute atomic E-state index is 12.4. The fourth-order valence-corrected chi connectivity index (χ4v) is 3.08. The number of aliphatic imine (C=N–C) groups is 1. The lowest BCUT2D eigenvalue weighted by molar-refractivity contribution is -0.113. The molecule has 0 fully saturated rings. The van der Waals surface area contributed by atoms with Crippen LogP contribution in [0.25, 0.3) is 6.08 Å². The number of phenols is 2. The molecule has 0 spiro atoms. The molecule has 1 aliphatic rings. The minimum absolute atomic E-state index is 0.148. The van der Waals surface area contributed by atoms with Gasteiger partial charge in [0.1, 0.15) is 23.0 Å². The maximum atomic E-state index is 12.4. The van der Waals surface area contributed by atoms with Crippen LogP contribution in [0.15, 0.2) is 47.1 Å². The van der Waals surface area contributed by atoms with Crippen LogP contribution in [0, 0.1) is 6.92 Å². The SMILES string of the molecule is CC1=NC(=O)C(=Cc2ccc(O)cc2)N1c1cc(C(C)C)c(O)cc1C. The molecular weight excluding hydrogens is 328 g/mol. The number of anilines is 1. The summed E-state index contributed by atoms with van der Waals surface area (Å²) < 4.78 is 0. The Hall–Kier alpha value is -3.08. The standard InChI is InChI=1S/C21H22N2O3/c1-12(2)17-11-18(13(3)9-20(17)25)23-14(4)22-21(26)19(23)10-15-5-7-16(24)8-6-15/h5-12,24-25H,1-4H3. The first-order chi connectivity index (χ1) is 12.3. The number of aryl methyl sites for hydroxylation is 1. The smallest absolute Gasteiger partial charge is 0.295 e. The van der Waals surface area contributed by atoms with Gasteiger partial charge in [-0.2, -0.15) is 4.99 Å². The molecule has 0 atom stereocenters. The third kappa shape index (κ3) is 3.20. The Bertz CT molecular complexity index is 925. The van der Waals surface area contributed by atoms with E-state index in [1.165, 1.54) is 0 Å². The van der Waals surface area contributed by atoms with Gasteiger partial charge in [-0.1, -0.05) is 26.0 Å². The van der Waals surface area contributed by atoms with Crippen molar-refractivity contribution in [1.29, 1.82) is 0 Å². The van der Waals surface area contributed by atoms with Crippen LogP contribution in [0.5, 0.6) is 11.5 Å². The van der Waals surface area contributed by atoms with Gasteiger partial charge in [0, 0.05) is 0 Å². The highest BCUT2D eigenvalue weighted by molar-refractivity contribution is 6.22. The number of hydrogen-bond donors (Lipinski definition) is 2. The first kappa shape index (κ1) is 17.7. The number of benzene rings is 2. The summed E-state index contributed by atoms with van der Waals surface area (Å²) in [6, 6.07) is 10.3. The minimum atomic E-state index is -0.311. The van der Waals surface area contributed by atoms with E-state index in [1.54, 1.807) is 43.3 Å². The Morgan fingerprint density at radius 1 is 1.08 bits per heavy atom. The Labute approximate surface area is 152 Å². The van der Waals surface area contributed by atoms with Crippen molar-refractivity contribution in [1.82, 2.24) is 0 Å². The van der Waals surface area contributed by atoms with Crippen LogP contribution in [-0.4, -0.2) is 22.0 Å². The van der Waals surface area contributed by atoms with Crippen LogP contribution in [0.3, 0.4) is 0 Å². The third-order valence-corrected chi connectivity index (χ3v) is 4.45. The van der Waals surface area contributed by atoms with Crippen molar-refractivity contribution in [3.8, 4) is 11.5 Å². The minimum Gasteiger partial charge on any atom is -0.508 e. The summed E-state index contributed by atoms with van der Waals surface area (Å²) in [5.74, 6) is 0.850. The van der Waals surface area contributed by atoms with Gasteiger partial charge < -0.3 is 10.2 Å². The predicted molar refractivity (Wildman–Crippen MR) is 104 cm³/mol. The van der Waals surface area contributed by atoms with E-state index in [1.807, 2.05) is 31.7 Å². The molecule has 1 amide bonds. The molecule has 0 saturated carbocycles. The quantitative estimate of drug-likeness (QED) is 0.808. The lowest BCUT2D eigenvalue weighted by atomic mass is 9.98. The molecule has 0 bridgehead atoms. The summed E-state index contributed by atoms with van der Waals surface area (Å²) in [6.07, 6.45) is 1.75. The molecule has 26 heavy (non-hydrogen) atoms. The van der Waals surface area contributed by atoms with Gasteiger partial charge in [-0.25, -0.2) is 0 Å². The van der Waals surface area contributed by atoms with Crippen LogP contribution in [0.1, 0.15) is 43.4 Å². The Morgan fingerprint density at radius 2 is 1.73 bits per heavy atom. The van der Waals surface area contributed by atoms with Gasteiger partial charge in [0.05, 0.1) is 5.69 Å². The fraction of sp³-hybridized carbons (Fsp3) is 0.238. The lowest BCUT2D eigenvalue weighted by Crippen LogP contribution is -2.25. The number of amidine groups is 1. The zero-order chi connectivity index (χ0) is 19.0. The molecule has 134 valence electrons. The molecule has 0 radical (unpaired) electrons. The molecular formula is C21H22N2O3. The summed E-state index contributed by atoms with van der Waals surface area (Å²) in [4.78, 5) is 18.4. The maximum Gasteiger partial charge on any atom is 0.295 e. The largest absolute Gasteiger partial charge is 0.508 e. The first-order valence-corrected chi connectivity index (χ1v) is 8.52. The average Bonchev–Trinajstić information content (AvgIpc) is 2.83. The normalized spacial score (nSPS) is 15.9. The van der Waals surface area contributed by atoms with E-state index in [0.717, 1.165) is 22.4 Å². The van der Waals surface area contributed by atoms with E-state index < -0.39 is 0 Å². The molecule has 2 N–H and O–H groups in total. The Morgan fingerprint density at radius 3 is 2.35 bits per heavy atom. The van der Waals surface area contributed by atoms with E-state index in [-0.39, 0.29) is 23.3 Å². The van der Waals surface area contributed by atoms with Gasteiger partial charge in [0.25, 0.3) is 5.91 Å². The monoisotopic (exact) mass is 350 g/mol. The molecule has 0 unspecified atom stereocenters. The Balaban J connectivity index is 2.12. The van der Waals surface area contributed by atoms with Gasteiger partial charge in [-0.3, -0.25) is 9.69 Å². The highest BCUT2D eigenvalue weighted by Crippen LogP contribution is 2.36. The van der Waals surface area contributed by atoms with Crippen molar-refractivity contribution in [2.75, 3.05) is 4.90 Å². The summed E-state index contributed by atoms with van der Waals surface area (Å²) in [5.41, 5.74) is 3.73. The van der Waals surface area contributed by atoms with Crippen LogP contribution >= 0.6 is 0 Å². The van der Waals surface area contributed by atoms with Gasteiger partial charge in [0.15, 0.2) is 0 Å². The summed E-state index contributed by atoms with van der Waals surface area (Å²) >= 11 is 0. The van der Waals surface area contributed by atoms with Crippen LogP contribution in [-0.2, 0) is 4.79 Å². The topological polar surface area (TPSA) is 73.1 Å². The highest BCUT2D eigenvalue weighted by atomic mass is 16.3. The molecule has 0 saturated heterocycles. The Kier molecular flexibility index (Phi) is 4.55. The zero-order valence-corrected chi connectivity index (χ0v) is 15.3. The van der Waals surface area contributed by atoms with Crippen LogP contribution in [0.2, 0.25) is 0 Å². The van der Waals surface area contributed by atoms with E-state index >= 15 is 0 Å². The molecule has 1 heterocycles. The second-order valence-corrected chi connectivity index (χ2v) is 6.77. The summed E-state index contributed by atoms with van der Waals surface area (Å²) in [7, 11) is 0. The van der Waals surface area contributed by atoms with Gasteiger partial charge in [-0.05, 0) is 66.8 Å². The number of carbonyl (C=O) groups is 1. The van der Waals surface area contributed by atoms with Crippen molar-refractivity contribution < 1.29 is 15.0 Å². The van der Waals surface area contributed by atoms with Crippen molar-refractivity contribution in [2.45, 2.75) is 33.6 Å². The van der Waals surface area contributed by atoms with Crippen LogP contribution in [0.4, 0.5) is 5.69 Å². The fourth-order valence-electron chi connectivity index (χ4n) is 3.08. The molecule has 3 rings (SSSR count). The third-order valence-electron chi connectivity index (χ3n) is 4.45. The average molecular weight is 350 g/mol. The van der Waals surface area contributed by atoms with Gasteiger partial charge >= 0.3 is 0 Å². The zero-order valence-electron chi connectivity index (χ0n) is 15.3. The van der Waals surface area contributed by atoms with E-state index in [0.29, 0.717) is 11.5 Å². The van der Waals surface area contributed by atoms with Gasteiger partial charge in [0.2, 0.25) is 0 Å². The lowest BCUT2D eigenvalue weighted by Gasteiger charge is -2.24. The molecule has 2 aromatic carbocycles. The molecule has 5 heteroatoms. The van der Waals surface area contributed by atoms with Crippen molar-refractivity contribution in [2.24, 2.45) is 4.99 Å². The summed E-state index contributed by atoms with van der Waals surface area (Å²) in [5, 5.41) is 19.7. The van der Waals surface area contributed by atoms with Gasteiger partial charge in [-0.15, -0.1) is 0 Å². The molecule has 1 aliphatic heterocycles. The molecule has 0 aromatic heterocycles. The van der Waals surface area contributed by atoms with E-state index in [2.05, 4.69) is 4.99 Å². The first-order valence-electron chi connectivity index (χ1n) is 8.52. The molecule has 5 nitrogen and oxygen atoms in total. The summed E-state index contributed by atoms with van der Waals surface area (Å²) in [6.45, 7) is 7.71. The van der Waals surface area contributed by atoms with Crippen molar-refractivity contribution >= 4 is 23.5 Å². The molecule has 2 aromatic rings. The number of carbonyl (C=O) groups excluding carboxylic acids is 1. The van der Waals surface area contributed by atoms with E-state index in [4.69, 9.17) is 0 Å². The van der Waals surface area contributed by atoms with E-state index in [9.17, 15) is 15.0 Å². The molecule has 0 aliphatic carbocycles.